The molecule has 0 spiro atoms. The van der Waals surface area contributed by atoms with E-state index in [0.717, 1.165) is 22.2 Å². The zero-order chi connectivity index (χ0) is 14.7. The first-order valence-electron chi connectivity index (χ1n) is 6.75. The van der Waals surface area contributed by atoms with Crippen molar-refractivity contribution in [1.29, 1.82) is 0 Å². The van der Waals surface area contributed by atoms with Gasteiger partial charge in [-0.15, -0.1) is 11.3 Å². The maximum Gasteiger partial charge on any atom is 0.226 e. The maximum atomic E-state index is 12.0. The molecule has 0 aromatic carbocycles. The van der Waals surface area contributed by atoms with Crippen LogP contribution in [0.4, 0.5) is 0 Å². The van der Waals surface area contributed by atoms with Gasteiger partial charge in [-0.3, -0.25) is 4.79 Å². The van der Waals surface area contributed by atoms with Crippen LogP contribution in [-0.4, -0.2) is 10.9 Å². The first-order chi connectivity index (χ1) is 9.45. The van der Waals surface area contributed by atoms with Crippen LogP contribution in [0.1, 0.15) is 55.0 Å². The highest BCUT2D eigenvalue weighted by molar-refractivity contribution is 7.09. The minimum absolute atomic E-state index is 0.0350. The van der Waals surface area contributed by atoms with Gasteiger partial charge in [-0.25, -0.2) is 4.98 Å². The average molecular weight is 292 g/mol. The van der Waals surface area contributed by atoms with Gasteiger partial charge in [0.05, 0.1) is 23.2 Å². The summed E-state index contributed by atoms with van der Waals surface area (Å²) < 4.78 is 5.50. The summed E-state index contributed by atoms with van der Waals surface area (Å²) >= 11 is 1.61. The lowest BCUT2D eigenvalue weighted by atomic mass is 10.2. The average Bonchev–Trinajstić information content (AvgIpc) is 2.98. The molecular formula is C15H20N2O2S. The van der Waals surface area contributed by atoms with E-state index >= 15 is 0 Å². The molecule has 0 aliphatic carbocycles. The third-order valence-electron chi connectivity index (χ3n) is 2.97. The molecule has 0 fully saturated rings. The molecule has 2 heterocycles. The first-order valence-corrected chi connectivity index (χ1v) is 7.63. The smallest absolute Gasteiger partial charge is 0.226 e. The molecule has 2 aromatic heterocycles. The quantitative estimate of drug-likeness (QED) is 0.916. The van der Waals surface area contributed by atoms with Crippen molar-refractivity contribution < 1.29 is 9.21 Å². The summed E-state index contributed by atoms with van der Waals surface area (Å²) in [6, 6.07) is 3.66. The Bertz CT molecular complexity index is 586. The Morgan fingerprint density at radius 3 is 2.70 bits per heavy atom. The number of aryl methyl sites for hydroxylation is 1. The van der Waals surface area contributed by atoms with Gasteiger partial charge in [-0.2, -0.15) is 0 Å². The Morgan fingerprint density at radius 1 is 1.40 bits per heavy atom. The van der Waals surface area contributed by atoms with Crippen molar-refractivity contribution in [2.75, 3.05) is 0 Å². The van der Waals surface area contributed by atoms with Gasteiger partial charge in [-0.05, 0) is 26.0 Å². The van der Waals surface area contributed by atoms with Crippen LogP contribution >= 0.6 is 11.3 Å². The molecule has 0 bridgehead atoms. The van der Waals surface area contributed by atoms with Crippen LogP contribution < -0.4 is 5.32 Å². The van der Waals surface area contributed by atoms with E-state index in [2.05, 4.69) is 24.1 Å². The van der Waals surface area contributed by atoms with Crippen molar-refractivity contribution in [3.05, 3.63) is 39.7 Å². The number of carbonyl (C=O) groups excluding carboxylic acids is 1. The number of hydrogen-bond acceptors (Lipinski definition) is 4. The minimum atomic E-state index is -0.126. The summed E-state index contributed by atoms with van der Waals surface area (Å²) in [5.41, 5.74) is 0.832. The molecule has 5 heteroatoms. The van der Waals surface area contributed by atoms with Crippen LogP contribution in [0.2, 0.25) is 0 Å². The fourth-order valence-electron chi connectivity index (χ4n) is 1.88. The van der Waals surface area contributed by atoms with E-state index in [1.54, 1.807) is 11.3 Å². The maximum absolute atomic E-state index is 12.0. The number of amides is 1. The highest BCUT2D eigenvalue weighted by Crippen LogP contribution is 2.20. The molecule has 0 radical (unpaired) electrons. The first kappa shape index (κ1) is 14.8. The number of carbonyl (C=O) groups is 1. The summed E-state index contributed by atoms with van der Waals surface area (Å²) in [5.74, 6) is 1.99. The highest BCUT2D eigenvalue weighted by atomic mass is 32.1. The van der Waals surface area contributed by atoms with Crippen molar-refractivity contribution in [3.8, 4) is 0 Å². The zero-order valence-electron chi connectivity index (χ0n) is 12.3. The predicted octanol–water partition coefficient (Wildman–Crippen LogP) is 3.59. The van der Waals surface area contributed by atoms with E-state index < -0.39 is 0 Å². The van der Waals surface area contributed by atoms with Crippen molar-refractivity contribution in [2.24, 2.45) is 0 Å². The molecule has 0 unspecified atom stereocenters. The van der Waals surface area contributed by atoms with E-state index in [9.17, 15) is 4.79 Å². The summed E-state index contributed by atoms with van der Waals surface area (Å²) in [4.78, 5) is 16.5. The number of hydrogen-bond donors (Lipinski definition) is 1. The van der Waals surface area contributed by atoms with Gasteiger partial charge < -0.3 is 9.73 Å². The molecule has 1 amide bonds. The second-order valence-corrected chi connectivity index (χ2v) is 6.14. The number of thiazole rings is 1. The molecule has 1 atom stereocenters. The SMILES string of the molecule is Cc1ccc([C@@H](C)NC(=O)Cc2csc(C(C)C)n2)o1. The van der Waals surface area contributed by atoms with Crippen LogP contribution in [0, 0.1) is 6.92 Å². The van der Waals surface area contributed by atoms with E-state index in [0.29, 0.717) is 12.3 Å². The molecule has 4 nitrogen and oxygen atoms in total. The number of nitrogens with zero attached hydrogens (tertiary/aromatic N) is 1. The number of aromatic nitrogens is 1. The monoisotopic (exact) mass is 292 g/mol. The largest absolute Gasteiger partial charge is 0.464 e. The van der Waals surface area contributed by atoms with Crippen LogP contribution in [-0.2, 0) is 11.2 Å². The molecular weight excluding hydrogens is 272 g/mol. The van der Waals surface area contributed by atoms with Gasteiger partial charge in [0.2, 0.25) is 5.91 Å². The van der Waals surface area contributed by atoms with Crippen LogP contribution in [0.25, 0.3) is 0 Å². The molecule has 0 saturated carbocycles. The zero-order valence-corrected chi connectivity index (χ0v) is 13.1. The van der Waals surface area contributed by atoms with E-state index in [1.165, 1.54) is 0 Å². The van der Waals surface area contributed by atoms with Crippen LogP contribution in [0.3, 0.4) is 0 Å². The summed E-state index contributed by atoms with van der Waals surface area (Å²) in [5, 5.41) is 5.96. The van der Waals surface area contributed by atoms with E-state index in [-0.39, 0.29) is 11.9 Å². The lowest BCUT2D eigenvalue weighted by Crippen LogP contribution is -2.28. The highest BCUT2D eigenvalue weighted by Gasteiger charge is 2.14. The molecule has 0 saturated heterocycles. The van der Waals surface area contributed by atoms with E-state index in [1.807, 2.05) is 31.4 Å². The second kappa shape index (κ2) is 6.22. The van der Waals surface area contributed by atoms with Gasteiger partial charge in [0, 0.05) is 11.3 Å². The third kappa shape index (κ3) is 3.70. The van der Waals surface area contributed by atoms with Crippen molar-refractivity contribution >= 4 is 17.2 Å². The van der Waals surface area contributed by atoms with Crippen LogP contribution in [0.5, 0.6) is 0 Å². The molecule has 20 heavy (non-hydrogen) atoms. The summed E-state index contributed by atoms with van der Waals surface area (Å²) in [7, 11) is 0. The van der Waals surface area contributed by atoms with Crippen LogP contribution in [0.15, 0.2) is 21.9 Å². The molecule has 2 rings (SSSR count). The Balaban J connectivity index is 1.91. The fourth-order valence-corrected chi connectivity index (χ4v) is 2.72. The number of furan rings is 1. The Morgan fingerprint density at radius 2 is 2.15 bits per heavy atom. The van der Waals surface area contributed by atoms with Crippen molar-refractivity contribution in [1.82, 2.24) is 10.3 Å². The second-order valence-electron chi connectivity index (χ2n) is 5.25. The van der Waals surface area contributed by atoms with Crippen molar-refractivity contribution in [3.63, 3.8) is 0 Å². The fraction of sp³-hybridized carbons (Fsp3) is 0.467. The molecule has 0 aliphatic rings. The van der Waals surface area contributed by atoms with E-state index in [4.69, 9.17) is 4.42 Å². The number of nitrogens with one attached hydrogen (secondary N) is 1. The molecule has 108 valence electrons. The third-order valence-corrected chi connectivity index (χ3v) is 4.16. The minimum Gasteiger partial charge on any atom is -0.464 e. The van der Waals surface area contributed by atoms with Gasteiger partial charge in [0.25, 0.3) is 0 Å². The Kier molecular flexibility index (Phi) is 4.60. The standard InChI is InChI=1S/C15H20N2O2S/c1-9(2)15-17-12(8-20-15)7-14(18)16-11(4)13-6-5-10(3)19-13/h5-6,8-9,11H,7H2,1-4H3,(H,16,18)/t11-/m1/s1. The van der Waals surface area contributed by atoms with Gasteiger partial charge in [0.1, 0.15) is 11.5 Å². The molecule has 0 aliphatic heterocycles. The van der Waals surface area contributed by atoms with Gasteiger partial charge >= 0.3 is 0 Å². The lowest BCUT2D eigenvalue weighted by Gasteiger charge is -2.10. The molecule has 1 N–H and O–H groups in total. The normalized spacial score (nSPS) is 12.7. The summed E-state index contributed by atoms with van der Waals surface area (Å²) in [6.45, 7) is 8.01. The van der Waals surface area contributed by atoms with Gasteiger partial charge in [-0.1, -0.05) is 13.8 Å². The molecule has 2 aromatic rings. The Hall–Kier alpha value is -1.62. The van der Waals surface area contributed by atoms with Crippen molar-refractivity contribution in [2.45, 2.75) is 46.1 Å². The topological polar surface area (TPSA) is 55.1 Å². The summed E-state index contributed by atoms with van der Waals surface area (Å²) in [6.07, 6.45) is 0.313. The number of rotatable bonds is 5. The van der Waals surface area contributed by atoms with Gasteiger partial charge in [0.15, 0.2) is 0 Å². The predicted molar refractivity (Wildman–Crippen MR) is 79.9 cm³/mol. The Labute approximate surface area is 123 Å². The lowest BCUT2D eigenvalue weighted by molar-refractivity contribution is -0.121.